The van der Waals surface area contributed by atoms with Crippen LogP contribution in [-0.2, 0) is 4.74 Å². The van der Waals surface area contributed by atoms with Gasteiger partial charge in [-0.15, -0.1) is 0 Å². The van der Waals surface area contributed by atoms with E-state index in [0.717, 1.165) is 0 Å². The molecule has 8 heteroatoms. The summed E-state index contributed by atoms with van der Waals surface area (Å²) < 4.78 is 9.59. The van der Waals surface area contributed by atoms with E-state index in [2.05, 4.69) is 15.0 Å². The van der Waals surface area contributed by atoms with Crippen molar-refractivity contribution in [2.24, 2.45) is 0 Å². The summed E-state index contributed by atoms with van der Waals surface area (Å²) in [6.45, 7) is 0. The van der Waals surface area contributed by atoms with Crippen molar-refractivity contribution < 1.29 is 19.1 Å². The van der Waals surface area contributed by atoms with Crippen molar-refractivity contribution in [2.45, 2.75) is 0 Å². The topological polar surface area (TPSA) is 97.5 Å². The predicted molar refractivity (Wildman–Crippen MR) is 84.4 cm³/mol. The van der Waals surface area contributed by atoms with Gasteiger partial charge in [-0.25, -0.2) is 4.79 Å². The van der Waals surface area contributed by atoms with Gasteiger partial charge in [-0.05, 0) is 24.3 Å². The average Bonchev–Trinajstić information content (AvgIpc) is 2.56. The molecule has 7 nitrogen and oxygen atoms in total. The maximum atomic E-state index is 12.2. The van der Waals surface area contributed by atoms with Crippen molar-refractivity contribution in [1.29, 1.82) is 0 Å². The van der Waals surface area contributed by atoms with Gasteiger partial charge in [0.15, 0.2) is 0 Å². The highest BCUT2D eigenvalue weighted by molar-refractivity contribution is 6.32. The minimum absolute atomic E-state index is 0.0770. The van der Waals surface area contributed by atoms with Crippen LogP contribution in [-0.4, -0.2) is 31.1 Å². The van der Waals surface area contributed by atoms with Gasteiger partial charge in [-0.1, -0.05) is 11.6 Å². The third kappa shape index (κ3) is 3.70. The number of hydrogen-bond acceptors (Lipinski definition) is 5. The third-order valence-electron chi connectivity index (χ3n) is 2.99. The first-order valence-corrected chi connectivity index (χ1v) is 6.80. The van der Waals surface area contributed by atoms with Crippen LogP contribution in [0.25, 0.3) is 0 Å². The number of methoxy groups -OCH3 is 2. The molecule has 2 aromatic rings. The highest BCUT2D eigenvalue weighted by Gasteiger charge is 2.14. The Morgan fingerprint density at radius 3 is 2.57 bits per heavy atom. The number of anilines is 1. The molecule has 23 heavy (non-hydrogen) atoms. The van der Waals surface area contributed by atoms with E-state index >= 15 is 0 Å². The number of esters is 1. The molecule has 0 aliphatic heterocycles. The first kappa shape index (κ1) is 16.6. The van der Waals surface area contributed by atoms with E-state index in [1.54, 1.807) is 0 Å². The predicted octanol–water partition coefficient (Wildman–Crippen LogP) is 2.08. The van der Waals surface area contributed by atoms with E-state index in [-0.39, 0.29) is 16.8 Å². The Morgan fingerprint density at radius 1 is 1.17 bits per heavy atom. The summed E-state index contributed by atoms with van der Waals surface area (Å²) in [5.74, 6) is -0.853. The molecule has 1 aromatic heterocycles. The summed E-state index contributed by atoms with van der Waals surface area (Å²) in [5.41, 5.74) is -0.274. The van der Waals surface area contributed by atoms with Crippen LogP contribution >= 0.6 is 11.6 Å². The van der Waals surface area contributed by atoms with Gasteiger partial charge in [0.25, 0.3) is 11.5 Å². The molecule has 0 atom stereocenters. The van der Waals surface area contributed by atoms with Gasteiger partial charge >= 0.3 is 5.97 Å². The summed E-state index contributed by atoms with van der Waals surface area (Å²) in [6.07, 6.45) is 1.20. The number of carbonyl (C=O) groups is 2. The van der Waals surface area contributed by atoms with Gasteiger partial charge in [0.2, 0.25) is 0 Å². The Labute approximate surface area is 136 Å². The van der Waals surface area contributed by atoms with Gasteiger partial charge in [0, 0.05) is 11.8 Å². The largest absolute Gasteiger partial charge is 0.495 e. The summed E-state index contributed by atoms with van der Waals surface area (Å²) in [6, 6.07) is 5.66. The zero-order valence-electron chi connectivity index (χ0n) is 12.3. The van der Waals surface area contributed by atoms with Crippen molar-refractivity contribution in [3.05, 3.63) is 57.0 Å². The molecule has 0 fully saturated rings. The number of halogens is 1. The summed E-state index contributed by atoms with van der Waals surface area (Å²) >= 11 is 5.89. The number of ether oxygens (including phenoxy) is 2. The molecule has 0 saturated carbocycles. The Balaban J connectivity index is 2.30. The number of rotatable bonds is 4. The lowest BCUT2D eigenvalue weighted by molar-refractivity contribution is 0.0600. The molecule has 0 aliphatic carbocycles. The molecule has 0 unspecified atom stereocenters. The highest BCUT2D eigenvalue weighted by Crippen LogP contribution is 2.25. The molecule has 2 N–H and O–H groups in total. The Hall–Kier alpha value is -2.80. The maximum absolute atomic E-state index is 12.2. The minimum Gasteiger partial charge on any atom is -0.495 e. The van der Waals surface area contributed by atoms with Crippen molar-refractivity contribution in [3.8, 4) is 5.75 Å². The quantitative estimate of drug-likeness (QED) is 0.833. The van der Waals surface area contributed by atoms with Crippen molar-refractivity contribution in [1.82, 2.24) is 4.98 Å². The maximum Gasteiger partial charge on any atom is 0.339 e. The van der Waals surface area contributed by atoms with Crippen LogP contribution < -0.4 is 15.6 Å². The van der Waals surface area contributed by atoms with Gasteiger partial charge in [0.05, 0.1) is 24.8 Å². The second-order valence-corrected chi connectivity index (χ2v) is 4.83. The van der Waals surface area contributed by atoms with Crippen molar-refractivity contribution in [2.75, 3.05) is 19.5 Å². The molecule has 1 amide bonds. The van der Waals surface area contributed by atoms with Gasteiger partial charge in [-0.3, -0.25) is 9.59 Å². The number of benzene rings is 1. The molecule has 2 rings (SSSR count). The first-order chi connectivity index (χ1) is 11.0. The van der Waals surface area contributed by atoms with Crippen LogP contribution in [0, 0.1) is 0 Å². The lowest BCUT2D eigenvalue weighted by Crippen LogP contribution is -2.21. The number of nitrogens with one attached hydrogen (secondary N) is 2. The van der Waals surface area contributed by atoms with E-state index in [0.29, 0.717) is 10.8 Å². The highest BCUT2D eigenvalue weighted by atomic mass is 35.5. The molecule has 1 heterocycles. The monoisotopic (exact) mass is 336 g/mol. The van der Waals surface area contributed by atoms with Crippen LogP contribution in [0.15, 0.2) is 35.3 Å². The molecule has 0 aliphatic rings. The Morgan fingerprint density at radius 2 is 1.91 bits per heavy atom. The lowest BCUT2D eigenvalue weighted by atomic mass is 10.2. The van der Waals surface area contributed by atoms with Crippen LogP contribution in [0.5, 0.6) is 5.75 Å². The number of aromatic nitrogens is 1. The first-order valence-electron chi connectivity index (χ1n) is 6.42. The molecular formula is C15H13ClN2O5. The molecule has 0 spiro atoms. The van der Waals surface area contributed by atoms with Gasteiger partial charge < -0.3 is 19.8 Å². The normalized spacial score (nSPS) is 10.0. The molecule has 1 aromatic carbocycles. The Bertz CT molecular complexity index is 816. The van der Waals surface area contributed by atoms with Crippen LogP contribution in [0.4, 0.5) is 5.69 Å². The van der Waals surface area contributed by atoms with Crippen LogP contribution in [0.2, 0.25) is 5.02 Å². The number of hydrogen-bond donors (Lipinski definition) is 2. The fraction of sp³-hybridized carbons (Fsp3) is 0.133. The SMILES string of the molecule is COC(=O)c1c[nH]c(=O)c(NC(=O)c2ccc(Cl)c(OC)c2)c1. The molecule has 120 valence electrons. The Kier molecular flexibility index (Phi) is 5.02. The van der Waals surface area contributed by atoms with E-state index in [4.69, 9.17) is 16.3 Å². The zero-order valence-corrected chi connectivity index (χ0v) is 13.1. The number of pyridine rings is 1. The van der Waals surface area contributed by atoms with Gasteiger partial charge in [0.1, 0.15) is 11.4 Å². The zero-order chi connectivity index (χ0) is 17.0. The molecule has 0 saturated heterocycles. The van der Waals surface area contributed by atoms with Gasteiger partial charge in [-0.2, -0.15) is 0 Å². The second kappa shape index (κ2) is 6.97. The standard InChI is InChI=1S/C15H13ClN2O5/c1-22-12-6-8(3-4-10(12)16)13(19)18-11-5-9(15(21)23-2)7-17-14(11)20/h3-7H,1-2H3,(H,17,20)(H,18,19). The van der Waals surface area contributed by atoms with Crippen molar-refractivity contribution in [3.63, 3.8) is 0 Å². The smallest absolute Gasteiger partial charge is 0.339 e. The molecule has 0 radical (unpaired) electrons. The van der Waals surface area contributed by atoms with Crippen molar-refractivity contribution >= 4 is 29.2 Å². The summed E-state index contributed by atoms with van der Waals surface area (Å²) in [7, 11) is 2.64. The van der Waals surface area contributed by atoms with Crippen LogP contribution in [0.3, 0.4) is 0 Å². The van der Waals surface area contributed by atoms with E-state index in [9.17, 15) is 14.4 Å². The summed E-state index contributed by atoms with van der Waals surface area (Å²) in [5, 5.41) is 2.78. The number of amides is 1. The molecule has 0 bridgehead atoms. The molecular weight excluding hydrogens is 324 g/mol. The fourth-order valence-electron chi connectivity index (χ4n) is 1.81. The third-order valence-corrected chi connectivity index (χ3v) is 3.30. The number of carbonyl (C=O) groups excluding carboxylic acids is 2. The number of H-pyrrole nitrogens is 1. The second-order valence-electron chi connectivity index (χ2n) is 4.43. The van der Waals surface area contributed by atoms with E-state index in [1.165, 1.54) is 44.7 Å². The van der Waals surface area contributed by atoms with E-state index < -0.39 is 17.4 Å². The fourth-order valence-corrected chi connectivity index (χ4v) is 2.00. The summed E-state index contributed by atoms with van der Waals surface area (Å²) in [4.78, 5) is 37.8. The average molecular weight is 337 g/mol. The minimum atomic E-state index is -0.634. The number of aromatic amines is 1. The van der Waals surface area contributed by atoms with Crippen LogP contribution in [0.1, 0.15) is 20.7 Å². The lowest BCUT2D eigenvalue weighted by Gasteiger charge is -2.08. The van der Waals surface area contributed by atoms with E-state index in [1.807, 2.05) is 0 Å².